The molecule has 0 amide bonds. The minimum absolute atomic E-state index is 0.139. The van der Waals surface area contributed by atoms with Crippen molar-refractivity contribution in [3.63, 3.8) is 0 Å². The fourth-order valence-electron chi connectivity index (χ4n) is 0. The molecule has 0 saturated heterocycles. The van der Waals surface area contributed by atoms with Crippen LogP contribution in [0.1, 0.15) is 13.8 Å². The minimum atomic E-state index is -0.833. The van der Waals surface area contributed by atoms with Gasteiger partial charge < -0.3 is 15.3 Å². The van der Waals surface area contributed by atoms with Gasteiger partial charge in [0.15, 0.2) is 0 Å². The number of rotatable bonds is 1. The fraction of sp³-hybridized carbons (Fsp3) is 0.571. The van der Waals surface area contributed by atoms with Gasteiger partial charge in [0.2, 0.25) is 0 Å². The van der Waals surface area contributed by atoms with Crippen molar-refractivity contribution in [3.8, 4) is 0 Å². The zero-order valence-electron chi connectivity index (χ0n) is 6.95. The molecule has 0 aromatic heterocycles. The highest BCUT2D eigenvalue weighted by Crippen LogP contribution is 1.68. The molecule has 0 aliphatic carbocycles. The molecule has 0 heterocycles. The molecule has 4 heteroatoms. The predicted molar refractivity (Wildman–Crippen MR) is 43.3 cm³/mol. The van der Waals surface area contributed by atoms with E-state index in [9.17, 15) is 0 Å². The molecule has 0 fully saturated rings. The van der Waals surface area contributed by atoms with Gasteiger partial charge >= 0.3 is 0 Å². The molecular weight excluding hydrogens is 148 g/mol. The average molecular weight is 164 g/mol. The van der Waals surface area contributed by atoms with Crippen molar-refractivity contribution in [3.05, 3.63) is 13.2 Å². The normalized spacial score (nSPS) is 9.45. The number of aliphatic hydroxyl groups is 2. The second-order valence-corrected chi connectivity index (χ2v) is 1.55. The number of carboxylic acid groups (broad SMARTS) is 1. The summed E-state index contributed by atoms with van der Waals surface area (Å²) in [5.74, 6) is -0.833. The average Bonchev–Trinajstić information content (AvgIpc) is 1.91. The Hall–Kier alpha value is -0.870. The van der Waals surface area contributed by atoms with E-state index in [-0.39, 0.29) is 6.61 Å². The number of hydrogen-bond acceptors (Lipinski definition) is 3. The molecule has 0 bridgehead atoms. The van der Waals surface area contributed by atoms with Crippen LogP contribution in [0.15, 0.2) is 13.2 Å². The molecule has 3 N–H and O–H groups in total. The highest BCUT2D eigenvalue weighted by molar-refractivity contribution is 5.62. The van der Waals surface area contributed by atoms with Crippen LogP contribution in [0.3, 0.4) is 0 Å². The fourth-order valence-corrected chi connectivity index (χ4v) is 0. The molecule has 0 aromatic carbocycles. The van der Waals surface area contributed by atoms with Crippen LogP contribution in [-0.4, -0.2) is 34.0 Å². The van der Waals surface area contributed by atoms with E-state index in [2.05, 4.69) is 13.2 Å². The summed E-state index contributed by atoms with van der Waals surface area (Å²) in [6, 6.07) is 0. The van der Waals surface area contributed by atoms with Crippen LogP contribution in [0.2, 0.25) is 0 Å². The Morgan fingerprint density at radius 3 is 1.64 bits per heavy atom. The summed E-state index contributed by atoms with van der Waals surface area (Å²) in [4.78, 5) is 9.00. The molecular formula is C7H16O4. The van der Waals surface area contributed by atoms with Gasteiger partial charge in [-0.25, -0.2) is 0 Å². The largest absolute Gasteiger partial charge is 0.481 e. The summed E-state index contributed by atoms with van der Waals surface area (Å²) in [6.45, 7) is 8.47. The molecule has 0 aromatic rings. The first kappa shape index (κ1) is 16.6. The highest BCUT2D eigenvalue weighted by Gasteiger charge is 1.83. The maximum atomic E-state index is 9.00. The lowest BCUT2D eigenvalue weighted by molar-refractivity contribution is -0.134. The lowest BCUT2D eigenvalue weighted by Crippen LogP contribution is -2.03. The highest BCUT2D eigenvalue weighted by atomic mass is 16.4. The maximum absolute atomic E-state index is 9.00. The van der Waals surface area contributed by atoms with Crippen LogP contribution in [0.25, 0.3) is 0 Å². The topological polar surface area (TPSA) is 77.8 Å². The van der Waals surface area contributed by atoms with Gasteiger partial charge in [0, 0.05) is 6.92 Å². The third-order valence-corrected chi connectivity index (χ3v) is 0.264. The molecule has 0 spiro atoms. The van der Waals surface area contributed by atoms with Crippen LogP contribution in [0.4, 0.5) is 0 Å². The van der Waals surface area contributed by atoms with Crippen molar-refractivity contribution < 1.29 is 20.1 Å². The van der Waals surface area contributed by atoms with Crippen molar-refractivity contribution in [2.75, 3.05) is 6.61 Å². The molecule has 68 valence electrons. The van der Waals surface area contributed by atoms with Gasteiger partial charge in [0.1, 0.15) is 0 Å². The predicted octanol–water partition coefficient (Wildman–Crippen LogP) is 0.253. The second kappa shape index (κ2) is 16.1. The van der Waals surface area contributed by atoms with Gasteiger partial charge in [0.05, 0.1) is 12.7 Å². The van der Waals surface area contributed by atoms with Gasteiger partial charge in [-0.3, -0.25) is 4.79 Å². The van der Waals surface area contributed by atoms with Crippen LogP contribution >= 0.6 is 0 Å². The Morgan fingerprint density at radius 2 is 1.64 bits per heavy atom. The molecule has 0 radical (unpaired) electrons. The molecule has 4 nitrogen and oxygen atoms in total. The Bertz CT molecular complexity index is 76.5. The lowest BCUT2D eigenvalue weighted by atomic mass is 10.5. The van der Waals surface area contributed by atoms with Crippen molar-refractivity contribution in [2.45, 2.75) is 20.0 Å². The van der Waals surface area contributed by atoms with E-state index < -0.39 is 12.1 Å². The van der Waals surface area contributed by atoms with Gasteiger partial charge in [-0.05, 0) is 6.92 Å². The molecule has 0 rings (SSSR count). The summed E-state index contributed by atoms with van der Waals surface area (Å²) in [5, 5.41) is 23.4. The Balaban J connectivity index is -0.0000000965. The number of aliphatic carboxylic acids is 1. The van der Waals surface area contributed by atoms with E-state index in [0.717, 1.165) is 6.92 Å². The molecule has 0 aliphatic heterocycles. The van der Waals surface area contributed by atoms with Gasteiger partial charge in [-0.15, -0.1) is 13.2 Å². The van der Waals surface area contributed by atoms with E-state index in [1.54, 1.807) is 0 Å². The van der Waals surface area contributed by atoms with Gasteiger partial charge in [0.25, 0.3) is 5.97 Å². The van der Waals surface area contributed by atoms with Crippen molar-refractivity contribution in [1.29, 1.82) is 0 Å². The SMILES string of the molecule is C=C.CC(=O)O.CC(O)CO. The third kappa shape index (κ3) is 363. The smallest absolute Gasteiger partial charge is 0.300 e. The quantitative estimate of drug-likeness (QED) is 0.485. The van der Waals surface area contributed by atoms with E-state index in [4.69, 9.17) is 20.1 Å². The van der Waals surface area contributed by atoms with Gasteiger partial charge in [-0.1, -0.05) is 0 Å². The van der Waals surface area contributed by atoms with Crippen LogP contribution < -0.4 is 0 Å². The second-order valence-electron chi connectivity index (χ2n) is 1.55. The first-order valence-corrected chi connectivity index (χ1v) is 2.99. The minimum Gasteiger partial charge on any atom is -0.481 e. The van der Waals surface area contributed by atoms with E-state index in [1.807, 2.05) is 0 Å². The number of carboxylic acids is 1. The molecule has 1 unspecified atom stereocenters. The van der Waals surface area contributed by atoms with Crippen molar-refractivity contribution in [2.24, 2.45) is 0 Å². The van der Waals surface area contributed by atoms with Crippen molar-refractivity contribution >= 4 is 5.97 Å². The van der Waals surface area contributed by atoms with Gasteiger partial charge in [-0.2, -0.15) is 0 Å². The summed E-state index contributed by atoms with van der Waals surface area (Å²) in [6.07, 6.45) is -0.560. The van der Waals surface area contributed by atoms with E-state index in [0.29, 0.717) is 0 Å². The van der Waals surface area contributed by atoms with E-state index in [1.165, 1.54) is 6.92 Å². The monoisotopic (exact) mass is 164 g/mol. The standard InChI is InChI=1S/C3H8O2.C2H4O2.C2H4/c1-3(5)2-4;1-2(3)4;1-2/h3-5H,2H2,1H3;1H3,(H,3,4);1-2H2. The summed E-state index contributed by atoms with van der Waals surface area (Å²) in [7, 11) is 0. The van der Waals surface area contributed by atoms with Crippen molar-refractivity contribution in [1.82, 2.24) is 0 Å². The summed E-state index contributed by atoms with van der Waals surface area (Å²) >= 11 is 0. The van der Waals surface area contributed by atoms with Crippen LogP contribution in [-0.2, 0) is 4.79 Å². The number of carbonyl (C=O) groups is 1. The Morgan fingerprint density at radius 1 is 1.55 bits per heavy atom. The zero-order chi connectivity index (χ0) is 9.86. The molecule has 11 heavy (non-hydrogen) atoms. The maximum Gasteiger partial charge on any atom is 0.300 e. The number of hydrogen-bond donors (Lipinski definition) is 3. The molecule has 1 atom stereocenters. The number of aliphatic hydroxyl groups excluding tert-OH is 2. The molecule has 0 saturated carbocycles. The summed E-state index contributed by atoms with van der Waals surface area (Å²) < 4.78 is 0. The first-order valence-electron chi connectivity index (χ1n) is 2.99. The summed E-state index contributed by atoms with van der Waals surface area (Å²) in [5.41, 5.74) is 0. The zero-order valence-corrected chi connectivity index (χ0v) is 6.95. The van der Waals surface area contributed by atoms with Crippen LogP contribution in [0, 0.1) is 0 Å². The lowest BCUT2D eigenvalue weighted by Gasteiger charge is -1.90. The Kier molecular flexibility index (Phi) is 24.2. The third-order valence-electron chi connectivity index (χ3n) is 0.264. The Labute approximate surface area is 66.8 Å². The molecule has 0 aliphatic rings. The van der Waals surface area contributed by atoms with Crippen LogP contribution in [0.5, 0.6) is 0 Å². The van der Waals surface area contributed by atoms with E-state index >= 15 is 0 Å². The first-order chi connectivity index (χ1) is 5.00.